The van der Waals surface area contributed by atoms with Gasteiger partial charge in [-0.25, -0.2) is 4.98 Å². The summed E-state index contributed by atoms with van der Waals surface area (Å²) in [6.07, 6.45) is 0. The molecule has 0 spiro atoms. The molecule has 0 aliphatic heterocycles. The summed E-state index contributed by atoms with van der Waals surface area (Å²) in [5.41, 5.74) is 2.24. The van der Waals surface area contributed by atoms with Gasteiger partial charge in [0, 0.05) is 23.1 Å². The minimum Gasteiger partial charge on any atom is -0.326 e. The van der Waals surface area contributed by atoms with E-state index in [0.29, 0.717) is 38.7 Å². The molecular formula is C23H17F2N3O2S2. The quantitative estimate of drug-likeness (QED) is 0.325. The maximum absolute atomic E-state index is 13.5. The van der Waals surface area contributed by atoms with Gasteiger partial charge in [-0.3, -0.25) is 14.5 Å². The number of carbonyl (C=O) groups excluding carboxylic acids is 2. The molecule has 0 aliphatic carbocycles. The van der Waals surface area contributed by atoms with Crippen molar-refractivity contribution in [3.63, 3.8) is 0 Å². The van der Waals surface area contributed by atoms with Gasteiger partial charge in [-0.15, -0.1) is 0 Å². The normalized spacial score (nSPS) is 11.0. The van der Waals surface area contributed by atoms with Gasteiger partial charge >= 0.3 is 0 Å². The highest BCUT2D eigenvalue weighted by molar-refractivity contribution is 7.99. The molecule has 0 saturated heterocycles. The van der Waals surface area contributed by atoms with Gasteiger partial charge in [0.15, 0.2) is 5.13 Å². The van der Waals surface area contributed by atoms with Crippen LogP contribution in [0, 0.1) is 0 Å². The van der Waals surface area contributed by atoms with Gasteiger partial charge < -0.3 is 5.32 Å². The van der Waals surface area contributed by atoms with Crippen molar-refractivity contribution in [3.05, 3.63) is 78.4 Å². The zero-order chi connectivity index (χ0) is 22.7. The van der Waals surface area contributed by atoms with E-state index in [1.54, 1.807) is 48.5 Å². The van der Waals surface area contributed by atoms with Crippen LogP contribution < -0.4 is 10.2 Å². The zero-order valence-electron chi connectivity index (χ0n) is 16.8. The Labute approximate surface area is 191 Å². The fourth-order valence-corrected chi connectivity index (χ4v) is 4.56. The molecule has 0 atom stereocenters. The van der Waals surface area contributed by atoms with E-state index in [2.05, 4.69) is 10.3 Å². The minimum absolute atomic E-state index is 0.207. The predicted octanol–water partition coefficient (Wildman–Crippen LogP) is 6.55. The van der Waals surface area contributed by atoms with Crippen molar-refractivity contribution < 1.29 is 18.4 Å². The highest BCUT2D eigenvalue weighted by atomic mass is 32.2. The van der Waals surface area contributed by atoms with Crippen molar-refractivity contribution in [1.82, 2.24) is 4.98 Å². The molecule has 3 aromatic carbocycles. The Morgan fingerprint density at radius 3 is 2.31 bits per heavy atom. The maximum atomic E-state index is 13.5. The molecule has 0 unspecified atom stereocenters. The Morgan fingerprint density at radius 2 is 1.69 bits per heavy atom. The van der Waals surface area contributed by atoms with Crippen molar-refractivity contribution in [2.24, 2.45) is 0 Å². The third-order valence-corrected chi connectivity index (χ3v) is 6.19. The van der Waals surface area contributed by atoms with E-state index in [0.717, 1.165) is 10.2 Å². The van der Waals surface area contributed by atoms with Crippen LogP contribution in [0.1, 0.15) is 17.3 Å². The van der Waals surface area contributed by atoms with E-state index in [4.69, 9.17) is 0 Å². The van der Waals surface area contributed by atoms with Crippen molar-refractivity contribution in [2.45, 2.75) is 17.6 Å². The van der Waals surface area contributed by atoms with E-state index in [1.807, 2.05) is 24.3 Å². The molecule has 0 bridgehead atoms. The van der Waals surface area contributed by atoms with Gasteiger partial charge in [0.05, 0.1) is 15.9 Å². The average Bonchev–Trinajstić information content (AvgIpc) is 3.18. The fourth-order valence-electron chi connectivity index (χ4n) is 3.08. The number of rotatable bonds is 6. The number of halogens is 2. The fraction of sp³-hybridized carbons (Fsp3) is 0.0870. The number of nitrogens with zero attached hydrogens (tertiary/aromatic N) is 2. The largest absolute Gasteiger partial charge is 0.326 e. The van der Waals surface area contributed by atoms with E-state index in [9.17, 15) is 18.4 Å². The molecule has 0 fully saturated rings. The predicted molar refractivity (Wildman–Crippen MR) is 125 cm³/mol. The van der Waals surface area contributed by atoms with Crippen LogP contribution >= 0.6 is 23.1 Å². The van der Waals surface area contributed by atoms with Gasteiger partial charge in [-0.2, -0.15) is 8.78 Å². The molecule has 1 aromatic heterocycles. The number of thiazole rings is 1. The molecule has 0 radical (unpaired) electrons. The lowest BCUT2D eigenvalue weighted by atomic mass is 10.1. The van der Waals surface area contributed by atoms with Gasteiger partial charge in [0.1, 0.15) is 0 Å². The first-order valence-corrected chi connectivity index (χ1v) is 11.2. The number of aromatic nitrogens is 1. The lowest BCUT2D eigenvalue weighted by Gasteiger charge is -2.20. The van der Waals surface area contributed by atoms with Crippen LogP contribution in [0.15, 0.2) is 77.7 Å². The third-order valence-electron chi connectivity index (χ3n) is 4.45. The summed E-state index contributed by atoms with van der Waals surface area (Å²) < 4.78 is 26.3. The molecule has 162 valence electrons. The zero-order valence-corrected chi connectivity index (χ0v) is 18.4. The van der Waals surface area contributed by atoms with Crippen LogP contribution in [-0.2, 0) is 4.79 Å². The van der Waals surface area contributed by atoms with Gasteiger partial charge in [0.25, 0.3) is 11.7 Å². The number of para-hydroxylation sites is 1. The molecule has 2 amide bonds. The second-order valence-electron chi connectivity index (χ2n) is 6.74. The minimum atomic E-state index is -2.52. The number of thioether (sulfide) groups is 1. The smallest absolute Gasteiger partial charge is 0.288 e. The molecule has 5 nitrogen and oxygen atoms in total. The van der Waals surface area contributed by atoms with Gasteiger partial charge in [-0.1, -0.05) is 35.2 Å². The number of hydrogen-bond donors (Lipinski definition) is 1. The molecule has 1 heterocycles. The van der Waals surface area contributed by atoms with E-state index in [1.165, 1.54) is 23.2 Å². The Bertz CT molecular complexity index is 1230. The van der Waals surface area contributed by atoms with Crippen LogP contribution in [0.5, 0.6) is 0 Å². The molecule has 0 aliphatic rings. The Balaban J connectivity index is 1.73. The second kappa shape index (κ2) is 9.46. The molecular weight excluding hydrogens is 452 g/mol. The monoisotopic (exact) mass is 469 g/mol. The van der Waals surface area contributed by atoms with Crippen LogP contribution in [0.4, 0.5) is 25.3 Å². The number of fused-ring (bicyclic) bond motifs is 1. The number of alkyl halides is 2. The molecule has 0 saturated carbocycles. The summed E-state index contributed by atoms with van der Waals surface area (Å²) in [6.45, 7) is 1.41. The Hall–Kier alpha value is -3.30. The first kappa shape index (κ1) is 21.9. The molecule has 1 N–H and O–H groups in total. The summed E-state index contributed by atoms with van der Waals surface area (Å²) >= 11 is 1.81. The van der Waals surface area contributed by atoms with E-state index in [-0.39, 0.29) is 11.8 Å². The third kappa shape index (κ3) is 4.95. The van der Waals surface area contributed by atoms with E-state index >= 15 is 0 Å². The number of carbonyl (C=O) groups is 2. The summed E-state index contributed by atoms with van der Waals surface area (Å²) in [5.74, 6) is -3.06. The number of amides is 2. The number of nitrogens with one attached hydrogen (secondary N) is 1. The lowest BCUT2D eigenvalue weighted by molar-refractivity contribution is -0.114. The molecule has 32 heavy (non-hydrogen) atoms. The first-order valence-electron chi connectivity index (χ1n) is 9.53. The topological polar surface area (TPSA) is 62.3 Å². The molecule has 9 heteroatoms. The summed E-state index contributed by atoms with van der Waals surface area (Å²) in [4.78, 5) is 31.2. The van der Waals surface area contributed by atoms with Crippen molar-refractivity contribution in [1.29, 1.82) is 0 Å². The average molecular weight is 470 g/mol. The highest BCUT2D eigenvalue weighted by Crippen LogP contribution is 2.36. The summed E-state index contributed by atoms with van der Waals surface area (Å²) in [5, 5.41) is 3.13. The first-order chi connectivity index (χ1) is 15.4. The number of hydrogen-bond acceptors (Lipinski definition) is 5. The van der Waals surface area contributed by atoms with Crippen LogP contribution in [0.25, 0.3) is 10.2 Å². The molecule has 4 aromatic rings. The number of benzene rings is 3. The Morgan fingerprint density at radius 1 is 1.00 bits per heavy atom. The van der Waals surface area contributed by atoms with E-state index < -0.39 is 5.76 Å². The summed E-state index contributed by atoms with van der Waals surface area (Å²) in [6, 6.07) is 20.4. The molecule has 4 rings (SSSR count). The van der Waals surface area contributed by atoms with Crippen molar-refractivity contribution >= 4 is 61.6 Å². The van der Waals surface area contributed by atoms with Crippen molar-refractivity contribution in [3.8, 4) is 0 Å². The number of anilines is 3. The van der Waals surface area contributed by atoms with Crippen LogP contribution in [-0.4, -0.2) is 22.6 Å². The van der Waals surface area contributed by atoms with Crippen molar-refractivity contribution in [2.75, 3.05) is 10.2 Å². The standard InChI is InChI=1S/C23H17F2N3O2S2/c1-14(29)26-16-8-6-15(7-9-16)21(30)28(17-10-12-18(13-11-17)31-22(24)25)23-27-19-4-2-3-5-20(19)32-23/h2-13,22H,1H3,(H,26,29). The van der Waals surface area contributed by atoms with Crippen LogP contribution in [0.3, 0.4) is 0 Å². The van der Waals surface area contributed by atoms with Gasteiger partial charge in [0.2, 0.25) is 5.91 Å². The second-order valence-corrected chi connectivity index (χ2v) is 8.81. The van der Waals surface area contributed by atoms with Gasteiger partial charge in [-0.05, 0) is 60.7 Å². The van der Waals surface area contributed by atoms with Crippen LogP contribution in [0.2, 0.25) is 0 Å². The Kier molecular flexibility index (Phi) is 6.48. The highest BCUT2D eigenvalue weighted by Gasteiger charge is 2.23. The maximum Gasteiger partial charge on any atom is 0.288 e. The lowest BCUT2D eigenvalue weighted by Crippen LogP contribution is -2.25. The SMILES string of the molecule is CC(=O)Nc1ccc(C(=O)N(c2ccc(SC(F)F)cc2)c2nc3ccccc3s2)cc1. The summed E-state index contributed by atoms with van der Waals surface area (Å²) in [7, 11) is 0.